The van der Waals surface area contributed by atoms with E-state index < -0.39 is 0 Å². The Kier molecular flexibility index (Phi) is 5.31. The lowest BCUT2D eigenvalue weighted by Crippen LogP contribution is -2.27. The topological polar surface area (TPSA) is 20.2 Å². The van der Waals surface area contributed by atoms with Crippen LogP contribution in [0.2, 0.25) is 0 Å². The van der Waals surface area contributed by atoms with E-state index in [-0.39, 0.29) is 11.5 Å². The van der Waals surface area contributed by atoms with Crippen LogP contribution in [0, 0.1) is 5.41 Å². The highest BCUT2D eigenvalue weighted by atomic mass is 16.3. The fourth-order valence-corrected chi connectivity index (χ4v) is 1.22. The highest BCUT2D eigenvalue weighted by Crippen LogP contribution is 2.28. The summed E-state index contributed by atoms with van der Waals surface area (Å²) in [6.45, 7) is 6.42. The van der Waals surface area contributed by atoms with Crippen LogP contribution in [0.1, 0.15) is 40.0 Å². The molecule has 0 saturated heterocycles. The van der Waals surface area contributed by atoms with Crippen molar-refractivity contribution < 1.29 is 5.11 Å². The highest BCUT2D eigenvalue weighted by molar-refractivity contribution is 6.17. The first kappa shape index (κ1) is 11.8. The standard InChI is InChI=1S/C10H21BO/c1-4-5-7-10(2,3)9(12)6-8-11/h6,8-9,12H,4-5,7,11H2,1-3H3/b8-6+/t9-/m1/s1. The molecule has 0 radical (unpaired) electrons. The SMILES string of the molecule is B/C=C/[C@@H](O)C(C)(C)CCCC. The Bertz CT molecular complexity index is 141. The summed E-state index contributed by atoms with van der Waals surface area (Å²) in [5, 5.41) is 9.72. The fraction of sp³-hybridized carbons (Fsp3) is 0.800. The molecular weight excluding hydrogens is 147 g/mol. The molecule has 0 spiro atoms. The molecule has 70 valence electrons. The molecule has 0 aliphatic heterocycles. The predicted octanol–water partition coefficient (Wildman–Crippen LogP) is 1.71. The molecule has 1 nitrogen and oxygen atoms in total. The summed E-state index contributed by atoms with van der Waals surface area (Å²) in [6.07, 6.45) is 5.06. The molecule has 1 atom stereocenters. The summed E-state index contributed by atoms with van der Waals surface area (Å²) >= 11 is 0. The molecule has 0 rings (SSSR count). The van der Waals surface area contributed by atoms with E-state index in [9.17, 15) is 5.11 Å². The molecule has 0 heterocycles. The quantitative estimate of drug-likeness (QED) is 0.619. The highest BCUT2D eigenvalue weighted by Gasteiger charge is 2.24. The van der Waals surface area contributed by atoms with Crippen LogP contribution in [0.25, 0.3) is 0 Å². The zero-order chi connectivity index (χ0) is 9.61. The van der Waals surface area contributed by atoms with Gasteiger partial charge in [-0.25, -0.2) is 0 Å². The normalized spacial score (nSPS) is 15.3. The minimum atomic E-state index is -0.297. The van der Waals surface area contributed by atoms with Crippen molar-refractivity contribution in [2.45, 2.75) is 46.1 Å². The number of hydrogen-bond donors (Lipinski definition) is 1. The van der Waals surface area contributed by atoms with E-state index in [4.69, 9.17) is 0 Å². The van der Waals surface area contributed by atoms with Crippen molar-refractivity contribution in [2.24, 2.45) is 5.41 Å². The van der Waals surface area contributed by atoms with Gasteiger partial charge >= 0.3 is 0 Å². The van der Waals surface area contributed by atoms with E-state index in [1.807, 2.05) is 19.9 Å². The van der Waals surface area contributed by atoms with Crippen LogP contribution in [-0.2, 0) is 0 Å². The first-order chi connectivity index (χ1) is 5.54. The van der Waals surface area contributed by atoms with E-state index in [0.29, 0.717) is 0 Å². The minimum Gasteiger partial charge on any atom is -0.389 e. The monoisotopic (exact) mass is 168 g/mol. The van der Waals surface area contributed by atoms with E-state index >= 15 is 0 Å². The summed E-state index contributed by atoms with van der Waals surface area (Å²) in [5.41, 5.74) is 0.0303. The van der Waals surface area contributed by atoms with Crippen LogP contribution in [0.15, 0.2) is 12.1 Å². The van der Waals surface area contributed by atoms with Crippen molar-refractivity contribution in [2.75, 3.05) is 0 Å². The molecule has 0 aromatic heterocycles. The van der Waals surface area contributed by atoms with Gasteiger partial charge in [-0.2, -0.15) is 0 Å². The number of hydrogen-bond acceptors (Lipinski definition) is 1. The number of unbranched alkanes of at least 4 members (excludes halogenated alkanes) is 1. The summed E-state index contributed by atoms with van der Waals surface area (Å²) in [6, 6.07) is 0. The van der Waals surface area contributed by atoms with Crippen LogP contribution in [0.4, 0.5) is 0 Å². The third-order valence-corrected chi connectivity index (χ3v) is 2.35. The van der Waals surface area contributed by atoms with Crippen LogP contribution in [-0.4, -0.2) is 19.1 Å². The summed E-state index contributed by atoms with van der Waals surface area (Å²) in [4.78, 5) is 0. The first-order valence-corrected chi connectivity index (χ1v) is 4.85. The van der Waals surface area contributed by atoms with Crippen molar-refractivity contribution in [3.8, 4) is 0 Å². The lowest BCUT2D eigenvalue weighted by Gasteiger charge is -2.28. The second-order valence-electron chi connectivity index (χ2n) is 4.06. The van der Waals surface area contributed by atoms with E-state index in [1.54, 1.807) is 0 Å². The smallest absolute Gasteiger partial charge is 0.129 e. The Morgan fingerprint density at radius 3 is 2.50 bits per heavy atom. The molecule has 2 heteroatoms. The zero-order valence-electron chi connectivity index (χ0n) is 8.80. The van der Waals surface area contributed by atoms with E-state index in [2.05, 4.69) is 20.8 Å². The van der Waals surface area contributed by atoms with Crippen LogP contribution in [0.5, 0.6) is 0 Å². The maximum absolute atomic E-state index is 9.72. The molecule has 0 amide bonds. The van der Waals surface area contributed by atoms with Crippen LogP contribution < -0.4 is 0 Å². The van der Waals surface area contributed by atoms with Crippen molar-refractivity contribution in [1.82, 2.24) is 0 Å². The van der Waals surface area contributed by atoms with E-state index in [1.165, 1.54) is 12.8 Å². The molecule has 0 unspecified atom stereocenters. The molecule has 1 N–H and O–H groups in total. The minimum absolute atomic E-state index is 0.0303. The first-order valence-electron chi connectivity index (χ1n) is 4.85. The Morgan fingerprint density at radius 1 is 1.50 bits per heavy atom. The van der Waals surface area contributed by atoms with E-state index in [0.717, 1.165) is 6.42 Å². The van der Waals surface area contributed by atoms with Gasteiger partial charge in [0.25, 0.3) is 0 Å². The van der Waals surface area contributed by atoms with Gasteiger partial charge in [0.2, 0.25) is 0 Å². The Balaban J connectivity index is 3.98. The van der Waals surface area contributed by atoms with Gasteiger partial charge in [-0.05, 0) is 11.8 Å². The fourth-order valence-electron chi connectivity index (χ4n) is 1.22. The molecule has 0 aliphatic carbocycles. The Labute approximate surface area is 77.3 Å². The van der Waals surface area contributed by atoms with Crippen molar-refractivity contribution >= 4 is 7.85 Å². The third-order valence-electron chi connectivity index (χ3n) is 2.35. The van der Waals surface area contributed by atoms with Crippen LogP contribution >= 0.6 is 0 Å². The van der Waals surface area contributed by atoms with Gasteiger partial charge < -0.3 is 5.11 Å². The van der Waals surface area contributed by atoms with Crippen molar-refractivity contribution in [1.29, 1.82) is 0 Å². The molecule has 0 aromatic carbocycles. The molecule has 0 bridgehead atoms. The molecular formula is C10H21BO. The van der Waals surface area contributed by atoms with Gasteiger partial charge in [0, 0.05) is 0 Å². The molecule has 0 aromatic rings. The summed E-state index contributed by atoms with van der Waals surface area (Å²) in [5.74, 6) is 1.92. The summed E-state index contributed by atoms with van der Waals surface area (Å²) in [7, 11) is 1.94. The maximum atomic E-state index is 9.72. The van der Waals surface area contributed by atoms with Gasteiger partial charge in [-0.3, -0.25) is 0 Å². The Morgan fingerprint density at radius 2 is 2.08 bits per heavy atom. The largest absolute Gasteiger partial charge is 0.389 e. The lowest BCUT2D eigenvalue weighted by atomic mass is 9.81. The molecule has 12 heavy (non-hydrogen) atoms. The number of rotatable bonds is 5. The average molecular weight is 168 g/mol. The third kappa shape index (κ3) is 3.96. The second-order valence-corrected chi connectivity index (χ2v) is 4.06. The zero-order valence-corrected chi connectivity index (χ0v) is 8.80. The van der Waals surface area contributed by atoms with Crippen molar-refractivity contribution in [3.63, 3.8) is 0 Å². The second kappa shape index (κ2) is 5.42. The lowest BCUT2D eigenvalue weighted by molar-refractivity contribution is 0.0817. The van der Waals surface area contributed by atoms with Gasteiger partial charge in [-0.1, -0.05) is 39.7 Å². The van der Waals surface area contributed by atoms with Gasteiger partial charge in [0.15, 0.2) is 0 Å². The maximum Gasteiger partial charge on any atom is 0.129 e. The van der Waals surface area contributed by atoms with Crippen LogP contribution in [0.3, 0.4) is 0 Å². The average Bonchev–Trinajstić information content (AvgIpc) is 2.01. The summed E-state index contributed by atoms with van der Waals surface area (Å²) < 4.78 is 0. The Hall–Kier alpha value is -0.235. The van der Waals surface area contributed by atoms with Gasteiger partial charge in [-0.15, -0.1) is 5.98 Å². The van der Waals surface area contributed by atoms with Gasteiger partial charge in [0.1, 0.15) is 7.85 Å². The number of aliphatic hydroxyl groups excluding tert-OH is 1. The van der Waals surface area contributed by atoms with Gasteiger partial charge in [0.05, 0.1) is 6.10 Å². The number of aliphatic hydroxyl groups is 1. The molecule has 0 saturated carbocycles. The molecule has 0 aliphatic rings. The molecule has 0 fully saturated rings. The predicted molar refractivity (Wildman–Crippen MR) is 57.0 cm³/mol. The van der Waals surface area contributed by atoms with Crippen molar-refractivity contribution in [3.05, 3.63) is 12.1 Å².